The maximum Gasteiger partial charge on any atom is 0.337 e. The molecule has 0 saturated carbocycles. The molecule has 1 aromatic carbocycles. The van der Waals surface area contributed by atoms with Crippen LogP contribution in [0, 0.1) is 0 Å². The fourth-order valence-corrected chi connectivity index (χ4v) is 1.38. The summed E-state index contributed by atoms with van der Waals surface area (Å²) in [7, 11) is 0. The molecule has 8 nitrogen and oxygen atoms in total. The molecule has 1 heterocycles. The number of carboxylic acid groups (broad SMARTS) is 1. The van der Waals surface area contributed by atoms with Crippen LogP contribution in [0.25, 0.3) is 0 Å². The highest BCUT2D eigenvalue weighted by Gasteiger charge is 2.07. The van der Waals surface area contributed by atoms with Crippen LogP contribution in [0.5, 0.6) is 0 Å². The van der Waals surface area contributed by atoms with Crippen molar-refractivity contribution in [2.45, 2.75) is 13.5 Å². The average molecular weight is 260 g/mol. The Hall–Kier alpha value is -2.77. The summed E-state index contributed by atoms with van der Waals surface area (Å²) < 4.78 is 0. The Morgan fingerprint density at radius 1 is 1.53 bits per heavy atom. The molecule has 0 atom stereocenters. The largest absolute Gasteiger partial charge is 0.478 e. The van der Waals surface area contributed by atoms with Gasteiger partial charge in [-0.3, -0.25) is 0 Å². The number of anilines is 1. The molecule has 2 N–H and O–H groups in total. The Bertz CT molecular complexity index is 607. The second kappa shape index (κ2) is 5.71. The molecular formula is C11H12N6O2. The van der Waals surface area contributed by atoms with Crippen LogP contribution < -0.4 is 5.32 Å². The minimum Gasteiger partial charge on any atom is -0.478 e. The van der Waals surface area contributed by atoms with E-state index in [1.165, 1.54) is 17.2 Å². The SMILES string of the molecule is CCn1nnc(/N=C/Nc2ccccc2C(=O)O)n1. The lowest BCUT2D eigenvalue weighted by Gasteiger charge is -2.03. The van der Waals surface area contributed by atoms with E-state index in [9.17, 15) is 4.79 Å². The maximum atomic E-state index is 11.0. The summed E-state index contributed by atoms with van der Waals surface area (Å²) >= 11 is 0. The van der Waals surface area contributed by atoms with Crippen LogP contribution in [0.3, 0.4) is 0 Å². The van der Waals surface area contributed by atoms with Gasteiger partial charge in [-0.2, -0.15) is 9.79 Å². The van der Waals surface area contributed by atoms with Crippen molar-refractivity contribution in [1.82, 2.24) is 20.2 Å². The molecule has 98 valence electrons. The van der Waals surface area contributed by atoms with Crippen molar-refractivity contribution < 1.29 is 9.90 Å². The first-order chi connectivity index (χ1) is 9.20. The molecule has 0 aliphatic carbocycles. The van der Waals surface area contributed by atoms with Gasteiger partial charge in [-0.05, 0) is 24.3 Å². The van der Waals surface area contributed by atoms with E-state index in [1.807, 2.05) is 6.92 Å². The number of aryl methyl sites for hydroxylation is 1. The molecule has 2 aromatic rings. The first-order valence-electron chi connectivity index (χ1n) is 5.60. The van der Waals surface area contributed by atoms with Crippen molar-refractivity contribution in [3.05, 3.63) is 29.8 Å². The zero-order chi connectivity index (χ0) is 13.7. The molecule has 1 aromatic heterocycles. The van der Waals surface area contributed by atoms with Gasteiger partial charge < -0.3 is 10.4 Å². The first-order valence-corrected chi connectivity index (χ1v) is 5.60. The van der Waals surface area contributed by atoms with Gasteiger partial charge in [0.25, 0.3) is 5.95 Å². The minimum atomic E-state index is -1.01. The summed E-state index contributed by atoms with van der Waals surface area (Å²) in [4.78, 5) is 16.3. The number of aromatic carboxylic acids is 1. The maximum absolute atomic E-state index is 11.0. The Balaban J connectivity index is 2.08. The Morgan fingerprint density at radius 3 is 3.00 bits per heavy atom. The molecule has 0 aliphatic heterocycles. The van der Waals surface area contributed by atoms with Crippen LogP contribution in [0.4, 0.5) is 11.6 Å². The summed E-state index contributed by atoms with van der Waals surface area (Å²) in [6, 6.07) is 6.53. The van der Waals surface area contributed by atoms with Gasteiger partial charge in [0.05, 0.1) is 24.1 Å². The minimum absolute atomic E-state index is 0.166. The van der Waals surface area contributed by atoms with Crippen LogP contribution in [0.15, 0.2) is 29.3 Å². The molecule has 19 heavy (non-hydrogen) atoms. The van der Waals surface area contributed by atoms with Crippen LogP contribution in [-0.2, 0) is 6.54 Å². The predicted molar refractivity (Wildman–Crippen MR) is 68.7 cm³/mol. The Morgan fingerprint density at radius 2 is 2.32 bits per heavy atom. The molecule has 0 spiro atoms. The molecule has 0 bridgehead atoms. The second-order valence-electron chi connectivity index (χ2n) is 3.53. The lowest BCUT2D eigenvalue weighted by atomic mass is 10.2. The van der Waals surface area contributed by atoms with Gasteiger partial charge in [0.1, 0.15) is 0 Å². The number of carbonyl (C=O) groups is 1. The summed E-state index contributed by atoms with van der Waals surface area (Å²) in [6.07, 6.45) is 1.33. The monoisotopic (exact) mass is 260 g/mol. The number of hydrogen-bond donors (Lipinski definition) is 2. The molecular weight excluding hydrogens is 248 g/mol. The Labute approximate surface area is 108 Å². The van der Waals surface area contributed by atoms with Gasteiger partial charge in [0.2, 0.25) is 0 Å². The lowest BCUT2D eigenvalue weighted by molar-refractivity contribution is 0.0698. The third-order valence-corrected chi connectivity index (χ3v) is 2.28. The van der Waals surface area contributed by atoms with Gasteiger partial charge in [-0.25, -0.2) is 4.79 Å². The number of rotatable bonds is 5. The molecule has 0 unspecified atom stereocenters. The van der Waals surface area contributed by atoms with Crippen LogP contribution in [0.1, 0.15) is 17.3 Å². The van der Waals surface area contributed by atoms with Crippen LogP contribution in [0.2, 0.25) is 0 Å². The van der Waals surface area contributed by atoms with E-state index in [4.69, 9.17) is 5.11 Å². The van der Waals surface area contributed by atoms with E-state index < -0.39 is 5.97 Å². The Kier molecular flexibility index (Phi) is 3.81. The van der Waals surface area contributed by atoms with E-state index in [0.29, 0.717) is 12.2 Å². The zero-order valence-electron chi connectivity index (χ0n) is 10.2. The lowest BCUT2D eigenvalue weighted by Crippen LogP contribution is -2.04. The third-order valence-electron chi connectivity index (χ3n) is 2.28. The molecule has 0 amide bonds. The average Bonchev–Trinajstić information content (AvgIpc) is 2.87. The molecule has 2 rings (SSSR count). The highest BCUT2D eigenvalue weighted by Crippen LogP contribution is 2.13. The number of tetrazole rings is 1. The van der Waals surface area contributed by atoms with E-state index >= 15 is 0 Å². The van der Waals surface area contributed by atoms with E-state index in [2.05, 4.69) is 25.7 Å². The van der Waals surface area contributed by atoms with E-state index in [0.717, 1.165) is 0 Å². The second-order valence-corrected chi connectivity index (χ2v) is 3.53. The number of para-hydroxylation sites is 1. The predicted octanol–water partition coefficient (Wildman–Crippen LogP) is 1.16. The first kappa shape index (κ1) is 12.7. The van der Waals surface area contributed by atoms with Crippen LogP contribution >= 0.6 is 0 Å². The summed E-state index contributed by atoms with van der Waals surface area (Å²) in [5, 5.41) is 23.2. The molecule has 0 saturated heterocycles. The molecule has 0 radical (unpaired) electrons. The number of nitrogens with one attached hydrogen (secondary N) is 1. The molecule has 0 fully saturated rings. The summed E-state index contributed by atoms with van der Waals surface area (Å²) in [5.41, 5.74) is 0.612. The number of hydrogen-bond acceptors (Lipinski definition) is 5. The topological polar surface area (TPSA) is 105 Å². The van der Waals surface area contributed by atoms with Gasteiger partial charge in [-0.1, -0.05) is 17.2 Å². The standard InChI is InChI=1S/C11H12N6O2/c1-2-17-15-11(14-16-17)13-7-12-9-6-4-3-5-8(9)10(18)19/h3-7H,2H2,1H3,(H,18,19)(H,12,13,15). The fraction of sp³-hybridized carbons (Fsp3) is 0.182. The van der Waals surface area contributed by atoms with Gasteiger partial charge >= 0.3 is 5.97 Å². The van der Waals surface area contributed by atoms with Crippen molar-refractivity contribution in [2.75, 3.05) is 5.32 Å². The highest BCUT2D eigenvalue weighted by molar-refractivity contribution is 5.97. The van der Waals surface area contributed by atoms with Crippen molar-refractivity contribution >= 4 is 23.9 Å². The van der Waals surface area contributed by atoms with Gasteiger partial charge in [-0.15, -0.1) is 5.10 Å². The highest BCUT2D eigenvalue weighted by atomic mass is 16.4. The number of nitrogens with zero attached hydrogens (tertiary/aromatic N) is 5. The van der Waals surface area contributed by atoms with Crippen molar-refractivity contribution in [3.63, 3.8) is 0 Å². The number of benzene rings is 1. The number of aromatic nitrogens is 4. The van der Waals surface area contributed by atoms with Crippen molar-refractivity contribution in [2.24, 2.45) is 4.99 Å². The van der Waals surface area contributed by atoms with Crippen molar-refractivity contribution in [3.8, 4) is 0 Å². The van der Waals surface area contributed by atoms with Crippen molar-refractivity contribution in [1.29, 1.82) is 0 Å². The van der Waals surface area contributed by atoms with Gasteiger partial charge in [0, 0.05) is 0 Å². The quantitative estimate of drug-likeness (QED) is 0.617. The normalized spacial score (nSPS) is 10.8. The molecule has 8 heteroatoms. The van der Waals surface area contributed by atoms with Crippen LogP contribution in [-0.4, -0.2) is 37.6 Å². The third kappa shape index (κ3) is 3.12. The summed E-state index contributed by atoms with van der Waals surface area (Å²) in [5.74, 6) is -0.797. The van der Waals surface area contributed by atoms with E-state index in [1.54, 1.807) is 18.2 Å². The van der Waals surface area contributed by atoms with E-state index in [-0.39, 0.29) is 11.5 Å². The number of carboxylic acids is 1. The summed E-state index contributed by atoms with van der Waals surface area (Å²) in [6.45, 7) is 2.49. The smallest absolute Gasteiger partial charge is 0.337 e. The number of aliphatic imine (C=N–C) groups is 1. The van der Waals surface area contributed by atoms with Gasteiger partial charge in [0.15, 0.2) is 0 Å². The zero-order valence-corrected chi connectivity index (χ0v) is 10.2. The fourth-order valence-electron chi connectivity index (χ4n) is 1.38. The molecule has 0 aliphatic rings.